The summed E-state index contributed by atoms with van der Waals surface area (Å²) in [6.07, 6.45) is 7.09. The van der Waals surface area contributed by atoms with Crippen LogP contribution < -0.4 is 5.32 Å². The summed E-state index contributed by atoms with van der Waals surface area (Å²) >= 11 is 0. The molecule has 0 amide bonds. The van der Waals surface area contributed by atoms with Crippen molar-refractivity contribution in [2.75, 3.05) is 5.32 Å². The lowest BCUT2D eigenvalue weighted by Gasteiger charge is -2.07. The largest absolute Gasteiger partial charge is 0.472 e. The van der Waals surface area contributed by atoms with Gasteiger partial charge in [0, 0.05) is 23.5 Å². The molecule has 0 unspecified atom stereocenters. The Morgan fingerprint density at radius 2 is 2.26 bits per heavy atom. The lowest BCUT2D eigenvalue weighted by molar-refractivity contribution is 0.546. The standard InChI is InChI=1S/C14H16N4O/c1-10(2)18-14-12(7-17-18)5-13(8-16-14)15-6-11-3-4-19-9-11/h3-5,7-10,15H,6H2,1-2H3. The van der Waals surface area contributed by atoms with Crippen molar-refractivity contribution in [2.45, 2.75) is 26.4 Å². The monoisotopic (exact) mass is 256 g/mol. The van der Waals surface area contributed by atoms with Crippen LogP contribution in [0.4, 0.5) is 5.69 Å². The number of anilines is 1. The van der Waals surface area contributed by atoms with Crippen molar-refractivity contribution in [3.63, 3.8) is 0 Å². The number of nitrogens with zero attached hydrogens (tertiary/aromatic N) is 3. The Labute approximate surface area is 111 Å². The van der Waals surface area contributed by atoms with Gasteiger partial charge in [-0.2, -0.15) is 5.10 Å². The highest BCUT2D eigenvalue weighted by molar-refractivity contribution is 5.78. The van der Waals surface area contributed by atoms with E-state index in [2.05, 4.69) is 35.3 Å². The maximum Gasteiger partial charge on any atom is 0.158 e. The predicted molar refractivity (Wildman–Crippen MR) is 73.9 cm³/mol. The molecule has 0 bridgehead atoms. The summed E-state index contributed by atoms with van der Waals surface area (Å²) in [7, 11) is 0. The van der Waals surface area contributed by atoms with Gasteiger partial charge in [-0.1, -0.05) is 0 Å². The highest BCUT2D eigenvalue weighted by Crippen LogP contribution is 2.19. The Morgan fingerprint density at radius 3 is 3.00 bits per heavy atom. The number of rotatable bonds is 4. The fourth-order valence-corrected chi connectivity index (χ4v) is 2.01. The zero-order valence-corrected chi connectivity index (χ0v) is 11.0. The average Bonchev–Trinajstić information content (AvgIpc) is 3.05. The first-order valence-corrected chi connectivity index (χ1v) is 6.32. The van der Waals surface area contributed by atoms with E-state index in [1.54, 1.807) is 12.5 Å². The van der Waals surface area contributed by atoms with E-state index < -0.39 is 0 Å². The number of hydrogen-bond donors (Lipinski definition) is 1. The Morgan fingerprint density at radius 1 is 1.37 bits per heavy atom. The molecule has 3 heterocycles. The Bertz CT molecular complexity index is 670. The SMILES string of the molecule is CC(C)n1ncc2cc(NCc3ccoc3)cnc21. The molecule has 3 aromatic heterocycles. The summed E-state index contributed by atoms with van der Waals surface area (Å²) in [5, 5.41) is 8.72. The second kappa shape index (κ2) is 4.76. The van der Waals surface area contributed by atoms with Crippen molar-refractivity contribution in [1.82, 2.24) is 14.8 Å². The molecule has 0 fully saturated rings. The maximum absolute atomic E-state index is 5.03. The van der Waals surface area contributed by atoms with Gasteiger partial charge >= 0.3 is 0 Å². The molecule has 5 heteroatoms. The van der Waals surface area contributed by atoms with Gasteiger partial charge in [0.1, 0.15) is 0 Å². The molecule has 0 aromatic carbocycles. The van der Waals surface area contributed by atoms with E-state index in [9.17, 15) is 0 Å². The van der Waals surface area contributed by atoms with Crippen LogP contribution in [0.3, 0.4) is 0 Å². The normalized spacial score (nSPS) is 11.3. The van der Waals surface area contributed by atoms with E-state index in [1.165, 1.54) is 0 Å². The Kier molecular flexibility index (Phi) is 2.95. The Hall–Kier alpha value is -2.30. The van der Waals surface area contributed by atoms with Gasteiger partial charge < -0.3 is 9.73 Å². The zero-order chi connectivity index (χ0) is 13.2. The third-order valence-electron chi connectivity index (χ3n) is 3.00. The van der Waals surface area contributed by atoms with Crippen LogP contribution in [0, 0.1) is 0 Å². The fourth-order valence-electron chi connectivity index (χ4n) is 2.01. The molecule has 0 atom stereocenters. The number of nitrogens with one attached hydrogen (secondary N) is 1. The molecule has 3 aromatic rings. The summed E-state index contributed by atoms with van der Waals surface area (Å²) < 4.78 is 6.96. The van der Waals surface area contributed by atoms with Gasteiger partial charge in [0.25, 0.3) is 0 Å². The molecule has 0 aliphatic rings. The molecule has 0 aliphatic carbocycles. The first-order chi connectivity index (χ1) is 9.24. The molecular formula is C14H16N4O. The molecular weight excluding hydrogens is 240 g/mol. The molecule has 19 heavy (non-hydrogen) atoms. The van der Waals surface area contributed by atoms with Crippen molar-refractivity contribution >= 4 is 16.7 Å². The topological polar surface area (TPSA) is 55.9 Å². The van der Waals surface area contributed by atoms with Crippen molar-refractivity contribution in [2.24, 2.45) is 0 Å². The second-order valence-electron chi connectivity index (χ2n) is 4.80. The van der Waals surface area contributed by atoms with Crippen molar-refractivity contribution in [1.29, 1.82) is 0 Å². The molecule has 3 rings (SSSR count). The first-order valence-electron chi connectivity index (χ1n) is 6.32. The number of aromatic nitrogens is 3. The molecule has 5 nitrogen and oxygen atoms in total. The third-order valence-corrected chi connectivity index (χ3v) is 3.00. The summed E-state index contributed by atoms with van der Waals surface area (Å²) in [5.74, 6) is 0. The zero-order valence-electron chi connectivity index (χ0n) is 11.0. The lowest BCUT2D eigenvalue weighted by Crippen LogP contribution is -2.03. The van der Waals surface area contributed by atoms with E-state index >= 15 is 0 Å². The van der Waals surface area contributed by atoms with E-state index in [-0.39, 0.29) is 0 Å². The van der Waals surface area contributed by atoms with Gasteiger partial charge in [-0.15, -0.1) is 0 Å². The van der Waals surface area contributed by atoms with E-state index in [4.69, 9.17) is 4.42 Å². The minimum absolute atomic E-state index is 0.315. The average molecular weight is 256 g/mol. The van der Waals surface area contributed by atoms with Crippen LogP contribution in [0.25, 0.3) is 11.0 Å². The fraction of sp³-hybridized carbons (Fsp3) is 0.286. The van der Waals surface area contributed by atoms with Gasteiger partial charge in [0.05, 0.1) is 30.6 Å². The molecule has 0 spiro atoms. The van der Waals surface area contributed by atoms with Crippen molar-refractivity contribution < 1.29 is 4.42 Å². The molecule has 0 saturated heterocycles. The molecule has 1 N–H and O–H groups in total. The van der Waals surface area contributed by atoms with Crippen LogP contribution in [0.5, 0.6) is 0 Å². The minimum atomic E-state index is 0.315. The van der Waals surface area contributed by atoms with Crippen LogP contribution in [0.2, 0.25) is 0 Å². The van der Waals surface area contributed by atoms with Gasteiger partial charge in [-0.05, 0) is 26.0 Å². The molecule has 0 aliphatic heterocycles. The van der Waals surface area contributed by atoms with Gasteiger partial charge in [-0.3, -0.25) is 0 Å². The molecule has 98 valence electrons. The van der Waals surface area contributed by atoms with Crippen LogP contribution in [-0.4, -0.2) is 14.8 Å². The highest BCUT2D eigenvalue weighted by Gasteiger charge is 2.07. The number of furan rings is 1. The summed E-state index contributed by atoms with van der Waals surface area (Å²) in [6, 6.07) is 4.32. The number of hydrogen-bond acceptors (Lipinski definition) is 4. The number of fused-ring (bicyclic) bond motifs is 1. The van der Waals surface area contributed by atoms with Crippen LogP contribution >= 0.6 is 0 Å². The van der Waals surface area contributed by atoms with Crippen molar-refractivity contribution in [3.05, 3.63) is 42.6 Å². The van der Waals surface area contributed by atoms with E-state index in [0.29, 0.717) is 6.04 Å². The molecule has 0 radical (unpaired) electrons. The first kappa shape index (κ1) is 11.8. The van der Waals surface area contributed by atoms with Crippen LogP contribution in [-0.2, 0) is 6.54 Å². The second-order valence-corrected chi connectivity index (χ2v) is 4.80. The third kappa shape index (κ3) is 2.31. The van der Waals surface area contributed by atoms with E-state index in [0.717, 1.165) is 28.8 Å². The van der Waals surface area contributed by atoms with Crippen LogP contribution in [0.15, 0.2) is 41.5 Å². The van der Waals surface area contributed by atoms with Gasteiger partial charge in [0.15, 0.2) is 5.65 Å². The lowest BCUT2D eigenvalue weighted by atomic mass is 10.3. The number of pyridine rings is 1. The summed E-state index contributed by atoms with van der Waals surface area (Å²) in [5.41, 5.74) is 3.01. The quantitative estimate of drug-likeness (QED) is 0.778. The van der Waals surface area contributed by atoms with Crippen molar-refractivity contribution in [3.8, 4) is 0 Å². The maximum atomic E-state index is 5.03. The van der Waals surface area contributed by atoms with E-state index in [1.807, 2.05) is 23.1 Å². The van der Waals surface area contributed by atoms with Crippen LogP contribution in [0.1, 0.15) is 25.5 Å². The molecule has 0 saturated carbocycles. The smallest absolute Gasteiger partial charge is 0.158 e. The predicted octanol–water partition coefficient (Wildman–Crippen LogP) is 3.22. The van der Waals surface area contributed by atoms with Gasteiger partial charge in [-0.25, -0.2) is 9.67 Å². The summed E-state index contributed by atoms with van der Waals surface area (Å²) in [4.78, 5) is 4.48. The highest BCUT2D eigenvalue weighted by atomic mass is 16.3. The minimum Gasteiger partial charge on any atom is -0.472 e. The van der Waals surface area contributed by atoms with Gasteiger partial charge in [0.2, 0.25) is 0 Å². The summed E-state index contributed by atoms with van der Waals surface area (Å²) in [6.45, 7) is 4.92. The Balaban J connectivity index is 1.82.